The number of nitrogens with one attached hydrogen (secondary N) is 2. The maximum atomic E-state index is 11.5. The first-order valence-electron chi connectivity index (χ1n) is 5.91. The number of carbonyl (C=O) groups excluding carboxylic acids is 1. The maximum Gasteiger partial charge on any atom is 0.238 e. The third-order valence-electron chi connectivity index (χ3n) is 2.79. The van der Waals surface area contributed by atoms with E-state index in [9.17, 15) is 13.2 Å². The van der Waals surface area contributed by atoms with E-state index in [1.807, 2.05) is 0 Å². The van der Waals surface area contributed by atoms with Crippen molar-refractivity contribution < 1.29 is 13.2 Å². The van der Waals surface area contributed by atoms with E-state index in [0.717, 1.165) is 5.56 Å². The van der Waals surface area contributed by atoms with Gasteiger partial charge in [-0.3, -0.25) is 4.79 Å². The number of benzene rings is 1. The summed E-state index contributed by atoms with van der Waals surface area (Å²) in [7, 11) is -1.93. The molecule has 7 heteroatoms. The molecule has 1 aromatic rings. The second-order valence-corrected chi connectivity index (χ2v) is 5.80. The van der Waals surface area contributed by atoms with Crippen LogP contribution in [-0.2, 0) is 21.2 Å². The molecule has 1 amide bonds. The Balaban J connectivity index is 2.49. The van der Waals surface area contributed by atoms with E-state index in [-0.39, 0.29) is 16.8 Å². The molecule has 4 N–H and O–H groups in total. The molecule has 0 saturated heterocycles. The lowest BCUT2D eigenvalue weighted by Crippen LogP contribution is -2.41. The van der Waals surface area contributed by atoms with Crippen molar-refractivity contribution in [2.45, 2.75) is 24.3 Å². The number of hydrogen-bond acceptors (Lipinski definition) is 4. The quantitative estimate of drug-likeness (QED) is 0.662. The van der Waals surface area contributed by atoms with Crippen molar-refractivity contribution in [1.82, 2.24) is 10.6 Å². The van der Waals surface area contributed by atoms with E-state index in [1.165, 1.54) is 12.1 Å². The zero-order valence-electron chi connectivity index (χ0n) is 11.0. The van der Waals surface area contributed by atoms with E-state index in [1.54, 1.807) is 26.1 Å². The second kappa shape index (κ2) is 6.65. The van der Waals surface area contributed by atoms with Crippen molar-refractivity contribution in [2.24, 2.45) is 5.14 Å². The van der Waals surface area contributed by atoms with Crippen LogP contribution in [0, 0.1) is 0 Å². The van der Waals surface area contributed by atoms with Crippen molar-refractivity contribution in [3.63, 3.8) is 0 Å². The van der Waals surface area contributed by atoms with E-state index in [2.05, 4.69) is 10.6 Å². The third kappa shape index (κ3) is 4.98. The molecular weight excluding hydrogens is 266 g/mol. The van der Waals surface area contributed by atoms with Crippen LogP contribution >= 0.6 is 0 Å². The largest absolute Gasteiger partial charge is 0.354 e. The Labute approximate surface area is 113 Å². The summed E-state index contributed by atoms with van der Waals surface area (Å²) in [6.45, 7) is 2.27. The number of carbonyl (C=O) groups is 1. The fourth-order valence-electron chi connectivity index (χ4n) is 1.46. The standard InChI is InChI=1S/C12H19N3O3S/c1-9(14-2)12(16)15-8-7-10-3-5-11(6-4-10)19(13,17)18/h3-6,9,14H,7-8H2,1-2H3,(H,15,16)(H2,13,17,18). The minimum absolute atomic E-state index is 0.0661. The third-order valence-corrected chi connectivity index (χ3v) is 3.72. The first kappa shape index (κ1) is 15.6. The molecule has 0 saturated carbocycles. The highest BCUT2D eigenvalue weighted by molar-refractivity contribution is 7.89. The lowest BCUT2D eigenvalue weighted by atomic mass is 10.1. The van der Waals surface area contributed by atoms with Gasteiger partial charge in [0.2, 0.25) is 15.9 Å². The van der Waals surface area contributed by atoms with Crippen LogP contribution in [0.15, 0.2) is 29.2 Å². The SMILES string of the molecule is CNC(C)C(=O)NCCc1ccc(S(N)(=O)=O)cc1. The number of likely N-dealkylation sites (N-methyl/N-ethyl adjacent to an activating group) is 1. The Morgan fingerprint density at radius 3 is 2.37 bits per heavy atom. The van der Waals surface area contributed by atoms with Gasteiger partial charge in [-0.25, -0.2) is 13.6 Å². The van der Waals surface area contributed by atoms with Crippen LogP contribution in [0.5, 0.6) is 0 Å². The first-order valence-corrected chi connectivity index (χ1v) is 7.46. The molecule has 19 heavy (non-hydrogen) atoms. The molecule has 0 bridgehead atoms. The zero-order valence-corrected chi connectivity index (χ0v) is 11.8. The van der Waals surface area contributed by atoms with Gasteiger partial charge in [0.05, 0.1) is 10.9 Å². The van der Waals surface area contributed by atoms with Crippen LogP contribution in [0.2, 0.25) is 0 Å². The van der Waals surface area contributed by atoms with Crippen molar-refractivity contribution >= 4 is 15.9 Å². The summed E-state index contributed by atoms with van der Waals surface area (Å²) in [6.07, 6.45) is 0.632. The first-order chi connectivity index (χ1) is 8.84. The molecule has 6 nitrogen and oxygen atoms in total. The average Bonchev–Trinajstić information content (AvgIpc) is 2.37. The average molecular weight is 285 g/mol. The van der Waals surface area contributed by atoms with Gasteiger partial charge < -0.3 is 10.6 Å². The molecule has 1 unspecified atom stereocenters. The summed E-state index contributed by atoms with van der Waals surface area (Å²) in [5, 5.41) is 10.6. The van der Waals surface area contributed by atoms with Gasteiger partial charge in [-0.15, -0.1) is 0 Å². The summed E-state index contributed by atoms with van der Waals surface area (Å²) in [6, 6.07) is 6.07. The van der Waals surface area contributed by atoms with Crippen LogP contribution in [0.4, 0.5) is 0 Å². The minimum atomic E-state index is -3.65. The van der Waals surface area contributed by atoms with Gasteiger partial charge >= 0.3 is 0 Å². The molecule has 0 radical (unpaired) electrons. The second-order valence-electron chi connectivity index (χ2n) is 4.24. The Morgan fingerprint density at radius 1 is 1.32 bits per heavy atom. The number of primary sulfonamides is 1. The van der Waals surface area contributed by atoms with Crippen LogP contribution in [0.1, 0.15) is 12.5 Å². The molecule has 0 spiro atoms. The summed E-state index contributed by atoms with van der Waals surface area (Å²) >= 11 is 0. The van der Waals surface area contributed by atoms with Crippen LogP contribution in [0.3, 0.4) is 0 Å². The fourth-order valence-corrected chi connectivity index (χ4v) is 1.98. The summed E-state index contributed by atoms with van der Waals surface area (Å²) < 4.78 is 22.1. The van der Waals surface area contributed by atoms with Gasteiger partial charge in [-0.2, -0.15) is 0 Å². The molecule has 0 heterocycles. The molecule has 0 aromatic heterocycles. The molecule has 1 rings (SSSR count). The Kier molecular flexibility index (Phi) is 5.46. The van der Waals surface area contributed by atoms with Crippen molar-refractivity contribution in [2.75, 3.05) is 13.6 Å². The number of hydrogen-bond donors (Lipinski definition) is 3. The maximum absolute atomic E-state index is 11.5. The predicted octanol–water partition coefficient (Wildman–Crippen LogP) is -0.399. The van der Waals surface area contributed by atoms with E-state index < -0.39 is 10.0 Å². The van der Waals surface area contributed by atoms with Crippen LogP contribution in [-0.4, -0.2) is 34.0 Å². The normalized spacial score (nSPS) is 13.0. The van der Waals surface area contributed by atoms with Crippen LogP contribution < -0.4 is 15.8 Å². The topological polar surface area (TPSA) is 101 Å². The van der Waals surface area contributed by atoms with Gasteiger partial charge in [0.25, 0.3) is 0 Å². The zero-order chi connectivity index (χ0) is 14.5. The van der Waals surface area contributed by atoms with Crippen molar-refractivity contribution in [3.8, 4) is 0 Å². The molecular formula is C12H19N3O3S. The molecule has 0 fully saturated rings. The molecule has 1 aromatic carbocycles. The van der Waals surface area contributed by atoms with Gasteiger partial charge in [0.15, 0.2) is 0 Å². The van der Waals surface area contributed by atoms with Crippen LogP contribution in [0.25, 0.3) is 0 Å². The fraction of sp³-hybridized carbons (Fsp3) is 0.417. The summed E-state index contributed by atoms with van der Waals surface area (Å²) in [5.74, 6) is -0.0661. The van der Waals surface area contributed by atoms with E-state index >= 15 is 0 Å². The van der Waals surface area contributed by atoms with Gasteiger partial charge in [0.1, 0.15) is 0 Å². The van der Waals surface area contributed by atoms with Crippen molar-refractivity contribution in [3.05, 3.63) is 29.8 Å². The number of nitrogens with two attached hydrogens (primary N) is 1. The lowest BCUT2D eigenvalue weighted by molar-refractivity contribution is -0.122. The lowest BCUT2D eigenvalue weighted by Gasteiger charge is -2.10. The molecule has 0 aliphatic heterocycles. The molecule has 0 aliphatic rings. The Hall–Kier alpha value is -1.44. The Bertz CT molecular complexity index is 526. The highest BCUT2D eigenvalue weighted by atomic mass is 32.2. The number of amides is 1. The van der Waals surface area contributed by atoms with Crippen molar-refractivity contribution in [1.29, 1.82) is 0 Å². The number of rotatable bonds is 6. The highest BCUT2D eigenvalue weighted by Gasteiger charge is 2.09. The van der Waals surface area contributed by atoms with Gasteiger partial charge in [-0.05, 0) is 38.1 Å². The predicted molar refractivity (Wildman–Crippen MR) is 73.1 cm³/mol. The summed E-state index contributed by atoms with van der Waals surface area (Å²) in [5.41, 5.74) is 0.935. The van der Waals surface area contributed by atoms with E-state index in [4.69, 9.17) is 5.14 Å². The molecule has 0 aliphatic carbocycles. The molecule has 1 atom stereocenters. The Morgan fingerprint density at radius 2 is 1.89 bits per heavy atom. The summed E-state index contributed by atoms with van der Waals surface area (Å²) in [4.78, 5) is 11.6. The van der Waals surface area contributed by atoms with Gasteiger partial charge in [-0.1, -0.05) is 12.1 Å². The monoisotopic (exact) mass is 285 g/mol. The highest BCUT2D eigenvalue weighted by Crippen LogP contribution is 2.08. The molecule has 106 valence electrons. The minimum Gasteiger partial charge on any atom is -0.354 e. The number of sulfonamides is 1. The smallest absolute Gasteiger partial charge is 0.238 e. The van der Waals surface area contributed by atoms with E-state index in [0.29, 0.717) is 13.0 Å². The van der Waals surface area contributed by atoms with Gasteiger partial charge in [0, 0.05) is 6.54 Å².